The molecule has 0 saturated carbocycles. The second-order valence-electron chi connectivity index (χ2n) is 7.45. The first-order chi connectivity index (χ1) is 16.4. The minimum Gasteiger partial charge on any atom is -0.494 e. The Balaban J connectivity index is 2.06. The van der Waals surface area contributed by atoms with Crippen LogP contribution in [-0.2, 0) is 25.6 Å². The average Bonchev–Trinajstić information content (AvgIpc) is 2.87. The lowest BCUT2D eigenvalue weighted by atomic mass is 9.83. The van der Waals surface area contributed by atoms with E-state index in [4.69, 9.17) is 23.7 Å². The van der Waals surface area contributed by atoms with Crippen LogP contribution in [0, 0.1) is 0 Å². The number of ether oxygens (including phenoxy) is 5. The number of hydrogen-bond donors (Lipinski definition) is 0. The number of nitrogens with zero attached hydrogens (tertiary/aromatic N) is 1. The van der Waals surface area contributed by atoms with Gasteiger partial charge in [0.1, 0.15) is 5.75 Å². The van der Waals surface area contributed by atoms with Crippen LogP contribution >= 0.6 is 0 Å². The largest absolute Gasteiger partial charge is 0.494 e. The van der Waals surface area contributed by atoms with Crippen molar-refractivity contribution in [2.75, 3.05) is 35.0 Å². The maximum absolute atomic E-state index is 12.8. The van der Waals surface area contributed by atoms with E-state index in [0.29, 0.717) is 47.1 Å². The molecule has 3 rings (SSSR count). The smallest absolute Gasteiger partial charge is 0.336 e. The summed E-state index contributed by atoms with van der Waals surface area (Å²) in [5, 5.41) is 0. The van der Waals surface area contributed by atoms with Crippen LogP contribution < -0.4 is 14.2 Å². The first kappa shape index (κ1) is 24.7. The second kappa shape index (κ2) is 11.3. The van der Waals surface area contributed by atoms with Crippen molar-refractivity contribution < 1.29 is 33.3 Å². The Morgan fingerprint density at radius 2 is 1.50 bits per heavy atom. The zero-order chi connectivity index (χ0) is 24.7. The molecule has 0 unspecified atom stereocenters. The van der Waals surface area contributed by atoms with Gasteiger partial charge in [0.15, 0.2) is 11.5 Å². The van der Waals surface area contributed by atoms with Gasteiger partial charge >= 0.3 is 11.9 Å². The summed E-state index contributed by atoms with van der Waals surface area (Å²) in [6, 6.07) is 12.8. The van der Waals surface area contributed by atoms with E-state index in [1.54, 1.807) is 37.6 Å². The van der Waals surface area contributed by atoms with Gasteiger partial charge in [-0.2, -0.15) is 0 Å². The molecule has 1 heterocycles. The lowest BCUT2D eigenvalue weighted by molar-refractivity contribution is -0.137. The summed E-state index contributed by atoms with van der Waals surface area (Å²) in [5.41, 5.74) is 2.21. The highest BCUT2D eigenvalue weighted by Crippen LogP contribution is 2.39. The number of carbonyl (C=O) groups excluding carboxylic acids is 2. The number of hydrogen-bond acceptors (Lipinski definition) is 8. The monoisotopic (exact) mass is 467 g/mol. The van der Waals surface area contributed by atoms with Crippen molar-refractivity contribution in [3.63, 3.8) is 0 Å². The average molecular weight is 468 g/mol. The van der Waals surface area contributed by atoms with Gasteiger partial charge in [0.05, 0.1) is 52.1 Å². The van der Waals surface area contributed by atoms with Crippen LogP contribution in [-0.4, -0.2) is 51.9 Å². The molecule has 1 aliphatic rings. The number of benzene rings is 2. The molecule has 0 atom stereocenters. The topological polar surface area (TPSA) is 83.5 Å². The first-order valence-electron chi connectivity index (χ1n) is 10.7. The fourth-order valence-corrected chi connectivity index (χ4v) is 3.88. The molecule has 0 aliphatic carbocycles. The quantitative estimate of drug-likeness (QED) is 0.515. The number of carbonyl (C=O) groups is 2. The summed E-state index contributed by atoms with van der Waals surface area (Å²) >= 11 is 0. The van der Waals surface area contributed by atoms with Crippen LogP contribution in [0.3, 0.4) is 0 Å². The van der Waals surface area contributed by atoms with Crippen LogP contribution in [0.2, 0.25) is 0 Å². The SMILES string of the molecule is CCOc1cccc(C2C(C(=O)OC)=CN(Cc3ccc(OC)c(OC)c3)C=C2C(=O)OC)c1. The van der Waals surface area contributed by atoms with Crippen molar-refractivity contribution in [3.05, 3.63) is 77.1 Å². The minimum absolute atomic E-state index is 0.305. The van der Waals surface area contributed by atoms with E-state index in [1.165, 1.54) is 14.2 Å². The van der Waals surface area contributed by atoms with E-state index < -0.39 is 17.9 Å². The molecule has 8 nitrogen and oxygen atoms in total. The fraction of sp³-hybridized carbons (Fsp3) is 0.308. The Labute approximate surface area is 199 Å². The summed E-state index contributed by atoms with van der Waals surface area (Å²) in [6.45, 7) is 2.75. The van der Waals surface area contributed by atoms with Gasteiger partial charge < -0.3 is 28.6 Å². The van der Waals surface area contributed by atoms with Crippen LogP contribution in [0.15, 0.2) is 66.0 Å². The molecule has 0 radical (unpaired) electrons. The molecule has 0 aromatic heterocycles. The summed E-state index contributed by atoms with van der Waals surface area (Å²) in [4.78, 5) is 27.4. The minimum atomic E-state index is -0.679. The maximum Gasteiger partial charge on any atom is 0.336 e. The number of esters is 2. The third-order valence-electron chi connectivity index (χ3n) is 5.39. The molecular formula is C26H29NO7. The Bertz CT molecular complexity index is 1070. The van der Waals surface area contributed by atoms with Crippen molar-refractivity contribution >= 4 is 11.9 Å². The summed E-state index contributed by atoms with van der Waals surface area (Å²) in [5.74, 6) is 0.0630. The van der Waals surface area contributed by atoms with Crippen LogP contribution in [0.4, 0.5) is 0 Å². The van der Waals surface area contributed by atoms with Gasteiger partial charge in [0.2, 0.25) is 0 Å². The lowest BCUT2D eigenvalue weighted by Gasteiger charge is -2.30. The highest BCUT2D eigenvalue weighted by Gasteiger charge is 2.35. The predicted octanol–water partition coefficient (Wildman–Crippen LogP) is 3.82. The van der Waals surface area contributed by atoms with Gasteiger partial charge in [-0.3, -0.25) is 0 Å². The Morgan fingerprint density at radius 3 is 2.06 bits per heavy atom. The normalized spacial score (nSPS) is 13.5. The zero-order valence-electron chi connectivity index (χ0n) is 20.0. The summed E-state index contributed by atoms with van der Waals surface area (Å²) in [6.07, 6.45) is 3.37. The highest BCUT2D eigenvalue weighted by molar-refractivity contribution is 5.98. The molecule has 2 aromatic rings. The second-order valence-corrected chi connectivity index (χ2v) is 7.45. The van der Waals surface area contributed by atoms with Crippen molar-refractivity contribution in [1.82, 2.24) is 4.90 Å². The van der Waals surface area contributed by atoms with E-state index in [0.717, 1.165) is 5.56 Å². The molecule has 1 aliphatic heterocycles. The fourth-order valence-electron chi connectivity index (χ4n) is 3.88. The zero-order valence-corrected chi connectivity index (χ0v) is 20.0. The third-order valence-corrected chi connectivity index (χ3v) is 5.39. The van der Waals surface area contributed by atoms with Crippen LogP contribution in [0.5, 0.6) is 17.2 Å². The molecule has 8 heteroatoms. The van der Waals surface area contributed by atoms with Crippen molar-refractivity contribution in [2.45, 2.75) is 19.4 Å². The van der Waals surface area contributed by atoms with Gasteiger partial charge in [-0.05, 0) is 42.3 Å². The Morgan fingerprint density at radius 1 is 0.853 bits per heavy atom. The first-order valence-corrected chi connectivity index (χ1v) is 10.7. The van der Waals surface area contributed by atoms with Gasteiger partial charge in [0, 0.05) is 18.9 Å². The number of methoxy groups -OCH3 is 4. The number of rotatable bonds is 9. The van der Waals surface area contributed by atoms with E-state index in [9.17, 15) is 9.59 Å². The molecule has 0 saturated heterocycles. The maximum atomic E-state index is 12.8. The van der Waals surface area contributed by atoms with Gasteiger partial charge in [0.25, 0.3) is 0 Å². The van der Waals surface area contributed by atoms with E-state index >= 15 is 0 Å². The standard InChI is InChI=1S/C26H29NO7/c1-6-34-19-9-7-8-18(13-19)24-20(25(28)32-4)15-27(16-21(24)26(29)33-5)14-17-10-11-22(30-2)23(12-17)31-3/h7-13,15-16,24H,6,14H2,1-5H3. The molecule has 0 spiro atoms. The van der Waals surface area contributed by atoms with E-state index in [1.807, 2.05) is 43.3 Å². The van der Waals surface area contributed by atoms with Gasteiger partial charge in [-0.25, -0.2) is 9.59 Å². The van der Waals surface area contributed by atoms with Gasteiger partial charge in [-0.1, -0.05) is 18.2 Å². The molecule has 2 aromatic carbocycles. The molecule has 0 amide bonds. The Hall–Kier alpha value is -3.94. The van der Waals surface area contributed by atoms with Crippen molar-refractivity contribution in [2.24, 2.45) is 0 Å². The van der Waals surface area contributed by atoms with Crippen LogP contribution in [0.1, 0.15) is 24.0 Å². The van der Waals surface area contributed by atoms with Crippen molar-refractivity contribution in [3.8, 4) is 17.2 Å². The molecule has 0 fully saturated rings. The predicted molar refractivity (Wildman–Crippen MR) is 126 cm³/mol. The van der Waals surface area contributed by atoms with Gasteiger partial charge in [-0.15, -0.1) is 0 Å². The van der Waals surface area contributed by atoms with E-state index in [2.05, 4.69) is 0 Å². The van der Waals surface area contributed by atoms with Crippen molar-refractivity contribution in [1.29, 1.82) is 0 Å². The van der Waals surface area contributed by atoms with Crippen LogP contribution in [0.25, 0.3) is 0 Å². The summed E-state index contributed by atoms with van der Waals surface area (Å²) in [7, 11) is 5.75. The third kappa shape index (κ3) is 5.33. The summed E-state index contributed by atoms with van der Waals surface area (Å²) < 4.78 is 26.4. The van der Waals surface area contributed by atoms with E-state index in [-0.39, 0.29) is 0 Å². The molecule has 180 valence electrons. The molecule has 34 heavy (non-hydrogen) atoms. The molecule has 0 bridgehead atoms. The lowest BCUT2D eigenvalue weighted by Crippen LogP contribution is -2.28. The molecule has 0 N–H and O–H groups in total. The molecular weight excluding hydrogens is 438 g/mol. The Kier molecular flexibility index (Phi) is 8.19. The highest BCUT2D eigenvalue weighted by atomic mass is 16.5.